The summed E-state index contributed by atoms with van der Waals surface area (Å²) in [5, 5.41) is 3.36. The summed E-state index contributed by atoms with van der Waals surface area (Å²) in [6, 6.07) is 6.44. The molecule has 98 valence electrons. The lowest BCUT2D eigenvalue weighted by Gasteiger charge is -2.13. The molecule has 1 aromatic heterocycles. The van der Waals surface area contributed by atoms with Crippen molar-refractivity contribution in [1.82, 2.24) is 9.97 Å². The first kappa shape index (κ1) is 12.9. The lowest BCUT2D eigenvalue weighted by atomic mass is 9.96. The van der Waals surface area contributed by atoms with E-state index in [0.29, 0.717) is 6.54 Å². The highest BCUT2D eigenvalue weighted by Crippen LogP contribution is 2.24. The molecule has 1 atom stereocenters. The fraction of sp³-hybridized carbons (Fsp3) is 0.500. The van der Waals surface area contributed by atoms with E-state index < -0.39 is 0 Å². The van der Waals surface area contributed by atoms with Gasteiger partial charge in [0.2, 0.25) is 0 Å². The van der Waals surface area contributed by atoms with Gasteiger partial charge in [-0.1, -0.05) is 20.8 Å². The minimum absolute atomic E-state index is 0.0389. The molecule has 4 nitrogen and oxygen atoms in total. The highest BCUT2D eigenvalue weighted by Gasteiger charge is 2.18. The Morgan fingerprint density at radius 1 is 1.39 bits per heavy atom. The lowest BCUT2D eigenvalue weighted by Crippen LogP contribution is -2.25. The summed E-state index contributed by atoms with van der Waals surface area (Å²) in [4.78, 5) is 8.00. The zero-order chi connectivity index (χ0) is 13.3. The van der Waals surface area contributed by atoms with E-state index in [-0.39, 0.29) is 11.5 Å². The molecule has 0 saturated heterocycles. The largest absolute Gasteiger partial charge is 0.381 e. The molecule has 0 saturated carbocycles. The van der Waals surface area contributed by atoms with Gasteiger partial charge in [0.15, 0.2) is 0 Å². The van der Waals surface area contributed by atoms with E-state index in [2.05, 4.69) is 49.0 Å². The van der Waals surface area contributed by atoms with Crippen molar-refractivity contribution < 1.29 is 0 Å². The Morgan fingerprint density at radius 2 is 2.11 bits per heavy atom. The number of H-pyrrole nitrogens is 1. The van der Waals surface area contributed by atoms with Crippen molar-refractivity contribution in [3.63, 3.8) is 0 Å². The maximum atomic E-state index is 5.61. The Balaban J connectivity index is 2.34. The maximum Gasteiger partial charge on any atom is 0.112 e. The van der Waals surface area contributed by atoms with Crippen molar-refractivity contribution in [2.45, 2.75) is 39.2 Å². The summed E-state index contributed by atoms with van der Waals surface area (Å²) in [5.41, 5.74) is 8.79. The Kier molecular flexibility index (Phi) is 3.30. The van der Waals surface area contributed by atoms with Gasteiger partial charge in [0.05, 0.1) is 11.0 Å². The molecule has 2 rings (SSSR count). The number of aromatic nitrogens is 2. The molecule has 0 aliphatic heterocycles. The van der Waals surface area contributed by atoms with Crippen molar-refractivity contribution in [2.24, 2.45) is 5.73 Å². The van der Waals surface area contributed by atoms with Gasteiger partial charge in [-0.2, -0.15) is 0 Å². The second-order valence-electron chi connectivity index (χ2n) is 5.85. The molecule has 1 unspecified atom stereocenters. The first-order chi connectivity index (χ1) is 8.40. The number of hydrogen-bond donors (Lipinski definition) is 3. The van der Waals surface area contributed by atoms with E-state index in [9.17, 15) is 0 Å². The van der Waals surface area contributed by atoms with Crippen LogP contribution in [-0.4, -0.2) is 22.6 Å². The van der Waals surface area contributed by atoms with Gasteiger partial charge in [0.1, 0.15) is 5.82 Å². The van der Waals surface area contributed by atoms with Gasteiger partial charge in [0.25, 0.3) is 0 Å². The number of aromatic amines is 1. The molecule has 4 heteroatoms. The molecule has 4 N–H and O–H groups in total. The van der Waals surface area contributed by atoms with Crippen LogP contribution in [0.15, 0.2) is 18.2 Å². The molecule has 0 spiro atoms. The quantitative estimate of drug-likeness (QED) is 0.780. The average Bonchev–Trinajstić information content (AvgIpc) is 2.71. The van der Waals surface area contributed by atoms with Crippen LogP contribution in [0.1, 0.15) is 33.5 Å². The third-order valence-corrected chi connectivity index (χ3v) is 2.96. The first-order valence-corrected chi connectivity index (χ1v) is 6.37. The number of nitrogens with one attached hydrogen (secondary N) is 2. The molecule has 0 aliphatic rings. The predicted octanol–water partition coefficient (Wildman–Crippen LogP) is 2.62. The fourth-order valence-electron chi connectivity index (χ4n) is 1.80. The second kappa shape index (κ2) is 4.61. The zero-order valence-electron chi connectivity index (χ0n) is 11.5. The third-order valence-electron chi connectivity index (χ3n) is 2.96. The van der Waals surface area contributed by atoms with Crippen molar-refractivity contribution in [3.8, 4) is 0 Å². The molecule has 18 heavy (non-hydrogen) atoms. The topological polar surface area (TPSA) is 66.7 Å². The number of benzene rings is 1. The SMILES string of the molecule is CC(CN)Nc1ccc2nc(C(C)(C)C)[nH]c2c1. The van der Waals surface area contributed by atoms with Crippen LogP contribution in [0.5, 0.6) is 0 Å². The van der Waals surface area contributed by atoms with E-state index in [0.717, 1.165) is 22.5 Å². The van der Waals surface area contributed by atoms with Crippen LogP contribution in [0.3, 0.4) is 0 Å². The maximum absolute atomic E-state index is 5.61. The molecular formula is C14H22N4. The molecule has 1 heterocycles. The second-order valence-corrected chi connectivity index (χ2v) is 5.85. The van der Waals surface area contributed by atoms with Crippen LogP contribution >= 0.6 is 0 Å². The molecule has 0 amide bonds. The average molecular weight is 246 g/mol. The highest BCUT2D eigenvalue weighted by molar-refractivity contribution is 5.79. The third kappa shape index (κ3) is 2.64. The van der Waals surface area contributed by atoms with Gasteiger partial charge in [-0.3, -0.25) is 0 Å². The van der Waals surface area contributed by atoms with Gasteiger partial charge in [-0.25, -0.2) is 4.98 Å². The Bertz CT molecular complexity index is 536. The molecular weight excluding hydrogens is 224 g/mol. The van der Waals surface area contributed by atoms with Gasteiger partial charge >= 0.3 is 0 Å². The number of nitrogens with two attached hydrogens (primary N) is 1. The van der Waals surface area contributed by atoms with Crippen molar-refractivity contribution in [3.05, 3.63) is 24.0 Å². The van der Waals surface area contributed by atoms with Crippen molar-refractivity contribution >= 4 is 16.7 Å². The van der Waals surface area contributed by atoms with Crippen LogP contribution in [0.25, 0.3) is 11.0 Å². The number of anilines is 1. The summed E-state index contributed by atoms with van der Waals surface area (Å²) < 4.78 is 0. The summed E-state index contributed by atoms with van der Waals surface area (Å²) in [6.45, 7) is 9.15. The lowest BCUT2D eigenvalue weighted by molar-refractivity contribution is 0.554. The molecule has 2 aromatic rings. The zero-order valence-corrected chi connectivity index (χ0v) is 11.5. The van der Waals surface area contributed by atoms with Crippen molar-refractivity contribution in [2.75, 3.05) is 11.9 Å². The van der Waals surface area contributed by atoms with Crippen LogP contribution < -0.4 is 11.1 Å². The normalized spacial score (nSPS) is 13.8. The number of imidazole rings is 1. The highest BCUT2D eigenvalue weighted by atomic mass is 15.0. The van der Waals surface area contributed by atoms with Crippen LogP contribution in [0.4, 0.5) is 5.69 Å². The minimum Gasteiger partial charge on any atom is -0.381 e. The molecule has 0 bridgehead atoms. The Labute approximate surface area is 108 Å². The number of fused-ring (bicyclic) bond motifs is 1. The van der Waals surface area contributed by atoms with Gasteiger partial charge in [-0.15, -0.1) is 0 Å². The summed E-state index contributed by atoms with van der Waals surface area (Å²) in [5.74, 6) is 1.02. The van der Waals surface area contributed by atoms with E-state index in [1.54, 1.807) is 0 Å². The predicted molar refractivity (Wildman–Crippen MR) is 76.9 cm³/mol. The van der Waals surface area contributed by atoms with Gasteiger partial charge < -0.3 is 16.0 Å². The summed E-state index contributed by atoms with van der Waals surface area (Å²) in [6.07, 6.45) is 0. The summed E-state index contributed by atoms with van der Waals surface area (Å²) in [7, 11) is 0. The van der Waals surface area contributed by atoms with Crippen LogP contribution in [0, 0.1) is 0 Å². The fourth-order valence-corrected chi connectivity index (χ4v) is 1.80. The number of hydrogen-bond acceptors (Lipinski definition) is 3. The van der Waals surface area contributed by atoms with Crippen LogP contribution in [-0.2, 0) is 5.41 Å². The van der Waals surface area contributed by atoms with Crippen LogP contribution in [0.2, 0.25) is 0 Å². The number of rotatable bonds is 3. The van der Waals surface area contributed by atoms with E-state index in [4.69, 9.17) is 5.73 Å². The smallest absolute Gasteiger partial charge is 0.112 e. The van der Waals surface area contributed by atoms with Crippen molar-refractivity contribution in [1.29, 1.82) is 0 Å². The van der Waals surface area contributed by atoms with Gasteiger partial charge in [-0.05, 0) is 25.1 Å². The van der Waals surface area contributed by atoms with Gasteiger partial charge in [0, 0.05) is 23.7 Å². The number of nitrogens with zero attached hydrogens (tertiary/aromatic N) is 1. The van der Waals surface area contributed by atoms with E-state index >= 15 is 0 Å². The first-order valence-electron chi connectivity index (χ1n) is 6.37. The minimum atomic E-state index is 0.0389. The van der Waals surface area contributed by atoms with E-state index in [1.807, 2.05) is 12.1 Å². The molecule has 0 fully saturated rings. The Hall–Kier alpha value is -1.55. The summed E-state index contributed by atoms with van der Waals surface area (Å²) >= 11 is 0. The molecule has 1 aromatic carbocycles. The molecule has 0 radical (unpaired) electrons. The monoisotopic (exact) mass is 246 g/mol. The molecule has 0 aliphatic carbocycles. The van der Waals surface area contributed by atoms with E-state index in [1.165, 1.54) is 0 Å². The standard InChI is InChI=1S/C14H22N4/c1-9(8-15)16-10-5-6-11-12(7-10)18-13(17-11)14(2,3)4/h5-7,9,16H,8,15H2,1-4H3,(H,17,18). The Morgan fingerprint density at radius 3 is 2.72 bits per heavy atom.